The van der Waals surface area contributed by atoms with Crippen molar-refractivity contribution in [1.29, 1.82) is 0 Å². The third kappa shape index (κ3) is 7.22. The maximum Gasteiger partial charge on any atom is 0.408 e. The van der Waals surface area contributed by atoms with Crippen molar-refractivity contribution in [3.8, 4) is 0 Å². The number of nitrogens with one attached hydrogen (secondary N) is 2. The van der Waals surface area contributed by atoms with Crippen LogP contribution in [0.4, 0.5) is 10.5 Å². The Morgan fingerprint density at radius 1 is 1.09 bits per heavy atom. The molecule has 2 aromatic rings. The molecule has 0 aliphatic carbocycles. The average molecular weight is 488 g/mol. The number of alkyl carbamates (subject to hydrolysis) is 1. The van der Waals surface area contributed by atoms with Crippen LogP contribution in [0.15, 0.2) is 42.5 Å². The van der Waals surface area contributed by atoms with Crippen LogP contribution >= 0.6 is 11.6 Å². The van der Waals surface area contributed by atoms with Crippen molar-refractivity contribution >= 4 is 35.2 Å². The number of hydrogen-bond acceptors (Lipinski definition) is 4. The number of carbonyl (C=O) groups is 3. The Labute approximate surface area is 206 Å². The summed E-state index contributed by atoms with van der Waals surface area (Å²) in [7, 11) is 1.53. The fourth-order valence-corrected chi connectivity index (χ4v) is 3.72. The van der Waals surface area contributed by atoms with E-state index in [4.69, 9.17) is 16.3 Å². The summed E-state index contributed by atoms with van der Waals surface area (Å²) in [5, 5.41) is 5.82. The quantitative estimate of drug-likeness (QED) is 0.557. The molecule has 2 atom stereocenters. The first-order valence-corrected chi connectivity index (χ1v) is 11.6. The molecule has 0 saturated heterocycles. The van der Waals surface area contributed by atoms with E-state index in [0.717, 1.165) is 17.5 Å². The van der Waals surface area contributed by atoms with Crippen molar-refractivity contribution in [2.45, 2.75) is 65.6 Å². The van der Waals surface area contributed by atoms with Crippen LogP contribution in [0.25, 0.3) is 0 Å². The number of aryl methyl sites for hydroxylation is 2. The van der Waals surface area contributed by atoms with Gasteiger partial charge in [0.15, 0.2) is 0 Å². The number of ether oxygens (including phenoxy) is 1. The largest absolute Gasteiger partial charge is 0.444 e. The van der Waals surface area contributed by atoms with Gasteiger partial charge in [-0.05, 0) is 63.8 Å². The molecule has 8 heteroatoms. The molecule has 0 saturated carbocycles. The molecule has 2 rings (SSSR count). The van der Waals surface area contributed by atoms with E-state index >= 15 is 0 Å². The second kappa shape index (κ2) is 11.4. The van der Waals surface area contributed by atoms with Gasteiger partial charge in [-0.15, -0.1) is 0 Å². The molecule has 0 aromatic heterocycles. The van der Waals surface area contributed by atoms with E-state index in [1.807, 2.05) is 44.2 Å². The Balaban J connectivity index is 2.33. The first-order valence-electron chi connectivity index (χ1n) is 11.2. The van der Waals surface area contributed by atoms with E-state index in [1.165, 1.54) is 11.9 Å². The summed E-state index contributed by atoms with van der Waals surface area (Å²) in [4.78, 5) is 40.2. The molecule has 3 amide bonds. The standard InChI is InChI=1S/C26H34ClN3O4/c1-8-18-12-14-19(15-13-18)22(23(31)29-21-16(2)10-9-11-20(21)27)30(7)24(32)17(3)28-25(33)34-26(4,5)6/h9-15,17,22H,8H2,1-7H3,(H,28,33)(H,29,31). The van der Waals surface area contributed by atoms with Gasteiger partial charge in [0.25, 0.3) is 5.91 Å². The van der Waals surface area contributed by atoms with Crippen LogP contribution < -0.4 is 10.6 Å². The summed E-state index contributed by atoms with van der Waals surface area (Å²) >= 11 is 6.31. The number of rotatable bonds is 7. The minimum Gasteiger partial charge on any atom is -0.444 e. The van der Waals surface area contributed by atoms with Crippen LogP contribution in [0.3, 0.4) is 0 Å². The summed E-state index contributed by atoms with van der Waals surface area (Å²) in [6, 6.07) is 11.0. The molecule has 0 aliphatic heterocycles. The van der Waals surface area contributed by atoms with E-state index in [2.05, 4.69) is 10.6 Å². The van der Waals surface area contributed by atoms with E-state index in [9.17, 15) is 14.4 Å². The van der Waals surface area contributed by atoms with E-state index in [0.29, 0.717) is 16.3 Å². The predicted molar refractivity (Wildman–Crippen MR) is 135 cm³/mol. The number of para-hydroxylation sites is 1. The number of halogens is 1. The van der Waals surface area contributed by atoms with Crippen LogP contribution in [0, 0.1) is 6.92 Å². The summed E-state index contributed by atoms with van der Waals surface area (Å²) in [6.07, 6.45) is 0.142. The minimum atomic E-state index is -0.947. The molecule has 7 nitrogen and oxygen atoms in total. The molecule has 0 heterocycles. The molecule has 0 fully saturated rings. The number of carbonyl (C=O) groups excluding carboxylic acids is 3. The number of likely N-dealkylation sites (N-methyl/N-ethyl adjacent to an activating group) is 1. The monoisotopic (exact) mass is 487 g/mol. The van der Waals surface area contributed by atoms with Crippen molar-refractivity contribution in [3.63, 3.8) is 0 Å². The zero-order chi connectivity index (χ0) is 25.6. The number of benzene rings is 2. The maximum atomic E-state index is 13.5. The number of hydrogen-bond donors (Lipinski definition) is 2. The van der Waals surface area contributed by atoms with Gasteiger partial charge in [-0.3, -0.25) is 9.59 Å². The number of nitrogens with zero attached hydrogens (tertiary/aromatic N) is 1. The molecule has 34 heavy (non-hydrogen) atoms. The molecule has 184 valence electrons. The zero-order valence-corrected chi connectivity index (χ0v) is 21.6. The van der Waals surface area contributed by atoms with E-state index in [-0.39, 0.29) is 0 Å². The fraction of sp³-hybridized carbons (Fsp3) is 0.423. The normalized spacial score (nSPS) is 12.9. The third-order valence-corrected chi connectivity index (χ3v) is 5.58. The number of anilines is 1. The molecule has 0 spiro atoms. The highest BCUT2D eigenvalue weighted by atomic mass is 35.5. The maximum absolute atomic E-state index is 13.5. The second-order valence-corrected chi connectivity index (χ2v) is 9.64. The SMILES string of the molecule is CCc1ccc(C(C(=O)Nc2c(C)cccc2Cl)N(C)C(=O)C(C)NC(=O)OC(C)(C)C)cc1. The lowest BCUT2D eigenvalue weighted by Crippen LogP contribution is -2.49. The summed E-state index contributed by atoms with van der Waals surface area (Å²) in [5.41, 5.74) is 2.34. The van der Waals surface area contributed by atoms with Gasteiger partial charge in [0.05, 0.1) is 10.7 Å². The first-order chi connectivity index (χ1) is 15.8. The molecule has 2 N–H and O–H groups in total. The van der Waals surface area contributed by atoms with Gasteiger partial charge < -0.3 is 20.3 Å². The van der Waals surface area contributed by atoms with Crippen LogP contribution in [-0.2, 0) is 20.7 Å². The van der Waals surface area contributed by atoms with Gasteiger partial charge >= 0.3 is 6.09 Å². The van der Waals surface area contributed by atoms with Crippen LogP contribution in [0.2, 0.25) is 5.02 Å². The van der Waals surface area contributed by atoms with Crippen molar-refractivity contribution in [2.24, 2.45) is 0 Å². The van der Waals surface area contributed by atoms with Crippen molar-refractivity contribution in [3.05, 3.63) is 64.2 Å². The molecular formula is C26H34ClN3O4. The molecule has 2 unspecified atom stereocenters. The molecule has 2 aromatic carbocycles. The summed E-state index contributed by atoms with van der Waals surface area (Å²) < 4.78 is 5.25. The van der Waals surface area contributed by atoms with Crippen molar-refractivity contribution in [2.75, 3.05) is 12.4 Å². The van der Waals surface area contributed by atoms with Gasteiger partial charge in [0.1, 0.15) is 17.7 Å². The van der Waals surface area contributed by atoms with Crippen LogP contribution in [-0.4, -0.2) is 41.5 Å². The number of amides is 3. The molecule has 0 radical (unpaired) electrons. The fourth-order valence-electron chi connectivity index (χ4n) is 3.45. The van der Waals surface area contributed by atoms with Gasteiger partial charge in [0.2, 0.25) is 5.91 Å². The lowest BCUT2D eigenvalue weighted by Gasteiger charge is -2.31. The first kappa shape index (κ1) is 27.2. The summed E-state index contributed by atoms with van der Waals surface area (Å²) in [6.45, 7) is 10.6. The highest BCUT2D eigenvalue weighted by Crippen LogP contribution is 2.29. The van der Waals surface area contributed by atoms with Gasteiger partial charge in [-0.25, -0.2) is 4.79 Å². The Bertz CT molecular complexity index is 1010. The highest BCUT2D eigenvalue weighted by molar-refractivity contribution is 6.34. The Morgan fingerprint density at radius 2 is 1.71 bits per heavy atom. The Morgan fingerprint density at radius 3 is 2.24 bits per heavy atom. The van der Waals surface area contributed by atoms with Crippen molar-refractivity contribution in [1.82, 2.24) is 10.2 Å². The van der Waals surface area contributed by atoms with E-state index in [1.54, 1.807) is 39.8 Å². The summed E-state index contributed by atoms with van der Waals surface area (Å²) in [5.74, 6) is -0.859. The van der Waals surface area contributed by atoms with Crippen LogP contribution in [0.1, 0.15) is 57.4 Å². The lowest BCUT2D eigenvalue weighted by atomic mass is 10.0. The third-order valence-electron chi connectivity index (χ3n) is 5.26. The van der Waals surface area contributed by atoms with Gasteiger partial charge in [0, 0.05) is 7.05 Å². The Hall–Kier alpha value is -3.06. The lowest BCUT2D eigenvalue weighted by molar-refractivity contribution is -0.138. The Kier molecular flexibility index (Phi) is 9.10. The predicted octanol–water partition coefficient (Wildman–Crippen LogP) is 5.26. The highest BCUT2D eigenvalue weighted by Gasteiger charge is 2.32. The molecule has 0 bridgehead atoms. The van der Waals surface area contributed by atoms with Gasteiger partial charge in [-0.2, -0.15) is 0 Å². The second-order valence-electron chi connectivity index (χ2n) is 9.24. The topological polar surface area (TPSA) is 87.7 Å². The van der Waals surface area contributed by atoms with Crippen LogP contribution in [0.5, 0.6) is 0 Å². The molecular weight excluding hydrogens is 454 g/mol. The van der Waals surface area contributed by atoms with Gasteiger partial charge in [-0.1, -0.05) is 54.9 Å². The molecule has 0 aliphatic rings. The van der Waals surface area contributed by atoms with Crippen molar-refractivity contribution < 1.29 is 19.1 Å². The minimum absolute atomic E-state index is 0.405. The zero-order valence-electron chi connectivity index (χ0n) is 20.9. The average Bonchev–Trinajstić information content (AvgIpc) is 2.75. The smallest absolute Gasteiger partial charge is 0.408 e. The van der Waals surface area contributed by atoms with E-state index < -0.39 is 35.6 Å².